The number of hydrogen-bond donors (Lipinski definition) is 3. The van der Waals surface area contributed by atoms with E-state index in [-0.39, 0.29) is 23.9 Å². The molecule has 6 heteroatoms. The maximum Gasteiger partial charge on any atom is 0.314 e. The van der Waals surface area contributed by atoms with Crippen LogP contribution in [0.2, 0.25) is 0 Å². The molecule has 0 unspecified atom stereocenters. The van der Waals surface area contributed by atoms with Gasteiger partial charge in [0.25, 0.3) is 5.91 Å². The lowest BCUT2D eigenvalue weighted by Gasteiger charge is -2.19. The van der Waals surface area contributed by atoms with Crippen molar-refractivity contribution in [2.75, 3.05) is 6.61 Å². The van der Waals surface area contributed by atoms with Crippen LogP contribution in [0.15, 0.2) is 48.7 Å². The highest BCUT2D eigenvalue weighted by Gasteiger charge is 2.23. The van der Waals surface area contributed by atoms with Gasteiger partial charge in [0.1, 0.15) is 5.75 Å². The van der Waals surface area contributed by atoms with Gasteiger partial charge in [-0.1, -0.05) is 44.2 Å². The van der Waals surface area contributed by atoms with Gasteiger partial charge in [-0.2, -0.15) is 0 Å². The topological polar surface area (TPSA) is 87.7 Å². The van der Waals surface area contributed by atoms with Crippen LogP contribution >= 0.6 is 0 Å². The Labute approximate surface area is 152 Å². The Kier molecular flexibility index (Phi) is 6.60. The second kappa shape index (κ2) is 8.89. The van der Waals surface area contributed by atoms with Crippen molar-refractivity contribution in [2.24, 2.45) is 5.92 Å². The highest BCUT2D eigenvalue weighted by atomic mass is 16.5. The molecule has 26 heavy (non-hydrogen) atoms. The number of hydrazine groups is 1. The third-order valence-electron chi connectivity index (χ3n) is 4.01. The summed E-state index contributed by atoms with van der Waals surface area (Å²) in [6.45, 7) is 7.79. The molecule has 0 saturated carbocycles. The molecule has 1 amide bonds. The summed E-state index contributed by atoms with van der Waals surface area (Å²) in [5, 5.41) is 11.8. The minimum Gasteiger partial charge on any atom is -0.507 e. The minimum absolute atomic E-state index is 0.121. The molecule has 2 aromatic rings. The highest BCUT2D eigenvalue weighted by molar-refractivity contribution is 6.01. The van der Waals surface area contributed by atoms with Crippen molar-refractivity contribution in [1.29, 1.82) is 0 Å². The zero-order valence-electron chi connectivity index (χ0n) is 15.0. The fourth-order valence-electron chi connectivity index (χ4n) is 2.67. The van der Waals surface area contributed by atoms with Gasteiger partial charge in [0.15, 0.2) is 0 Å². The summed E-state index contributed by atoms with van der Waals surface area (Å²) in [4.78, 5) is 24.4. The minimum atomic E-state index is -0.551. The Morgan fingerprint density at radius 2 is 1.81 bits per heavy atom. The summed E-state index contributed by atoms with van der Waals surface area (Å²) >= 11 is 0. The van der Waals surface area contributed by atoms with Crippen LogP contribution in [0.3, 0.4) is 0 Å². The lowest BCUT2D eigenvalue weighted by atomic mass is 10.0. The first kappa shape index (κ1) is 19.3. The average molecular weight is 356 g/mol. The molecule has 0 aliphatic rings. The fraction of sp³-hybridized carbons (Fsp3) is 0.300. The van der Waals surface area contributed by atoms with Crippen molar-refractivity contribution in [3.8, 4) is 5.75 Å². The normalized spacial score (nSPS) is 11.6. The molecule has 0 aromatic heterocycles. The quantitative estimate of drug-likeness (QED) is 0.499. The van der Waals surface area contributed by atoms with E-state index in [0.717, 1.165) is 17.2 Å². The standard InChI is InChI=1S/C20H24N2O4/c1-4-8-16(20(25)26-5-2)13(3)21-22-19(24)17-11-14-9-6-7-10-15(14)12-18(17)23/h6-7,9-12,16,21,23H,3-5,8H2,1-2H3,(H,22,24)/t16-/m1/s1. The van der Waals surface area contributed by atoms with E-state index >= 15 is 0 Å². The van der Waals surface area contributed by atoms with Crippen LogP contribution in [-0.4, -0.2) is 23.6 Å². The van der Waals surface area contributed by atoms with Gasteiger partial charge in [0, 0.05) is 5.70 Å². The Bertz CT molecular complexity index is 817. The molecule has 0 spiro atoms. The van der Waals surface area contributed by atoms with Gasteiger partial charge in [0.05, 0.1) is 18.1 Å². The monoisotopic (exact) mass is 356 g/mol. The Balaban J connectivity index is 2.08. The van der Waals surface area contributed by atoms with Gasteiger partial charge < -0.3 is 15.3 Å². The van der Waals surface area contributed by atoms with E-state index in [2.05, 4.69) is 17.4 Å². The Morgan fingerprint density at radius 3 is 2.42 bits per heavy atom. The number of aromatic hydroxyl groups is 1. The number of esters is 1. The van der Waals surface area contributed by atoms with Crippen LogP contribution in [0.25, 0.3) is 10.8 Å². The number of hydrogen-bond acceptors (Lipinski definition) is 5. The van der Waals surface area contributed by atoms with E-state index in [1.54, 1.807) is 13.0 Å². The molecule has 2 rings (SSSR count). The SMILES string of the molecule is C=C(NNC(=O)c1cc2ccccc2cc1O)[C@@H](CCC)C(=O)OCC. The van der Waals surface area contributed by atoms with Crippen LogP contribution in [-0.2, 0) is 9.53 Å². The van der Waals surface area contributed by atoms with Gasteiger partial charge in [-0.3, -0.25) is 15.0 Å². The molecule has 6 nitrogen and oxygen atoms in total. The number of nitrogens with one attached hydrogen (secondary N) is 2. The lowest BCUT2D eigenvalue weighted by Crippen LogP contribution is -2.40. The summed E-state index contributed by atoms with van der Waals surface area (Å²) in [6, 6.07) is 10.6. The van der Waals surface area contributed by atoms with Gasteiger partial charge in [0.2, 0.25) is 0 Å². The zero-order valence-corrected chi connectivity index (χ0v) is 15.0. The lowest BCUT2D eigenvalue weighted by molar-refractivity contribution is -0.147. The Hall–Kier alpha value is -3.02. The van der Waals surface area contributed by atoms with Gasteiger partial charge in [-0.05, 0) is 36.2 Å². The molecule has 138 valence electrons. The smallest absolute Gasteiger partial charge is 0.314 e. The van der Waals surface area contributed by atoms with Crippen LogP contribution in [0.1, 0.15) is 37.0 Å². The van der Waals surface area contributed by atoms with Gasteiger partial charge >= 0.3 is 5.97 Å². The number of amides is 1. The predicted octanol–water partition coefficient (Wildman–Crippen LogP) is 3.27. The fourth-order valence-corrected chi connectivity index (χ4v) is 2.67. The third kappa shape index (κ3) is 4.53. The number of benzene rings is 2. The molecular formula is C20H24N2O4. The maximum atomic E-state index is 12.4. The van der Waals surface area contributed by atoms with Crippen molar-refractivity contribution >= 4 is 22.6 Å². The predicted molar refractivity (Wildman–Crippen MR) is 100 cm³/mol. The number of carbonyl (C=O) groups is 2. The van der Waals surface area contributed by atoms with E-state index < -0.39 is 11.8 Å². The van der Waals surface area contributed by atoms with Crippen LogP contribution in [0.5, 0.6) is 5.75 Å². The molecule has 0 radical (unpaired) electrons. The number of fused-ring (bicyclic) bond motifs is 1. The maximum absolute atomic E-state index is 12.4. The highest BCUT2D eigenvalue weighted by Crippen LogP contribution is 2.25. The van der Waals surface area contributed by atoms with Crippen molar-refractivity contribution in [3.63, 3.8) is 0 Å². The van der Waals surface area contributed by atoms with Crippen molar-refractivity contribution in [3.05, 3.63) is 54.2 Å². The summed E-state index contributed by atoms with van der Waals surface area (Å²) in [6.07, 6.45) is 1.32. The van der Waals surface area contributed by atoms with E-state index in [0.29, 0.717) is 12.1 Å². The average Bonchev–Trinajstić information content (AvgIpc) is 2.63. The van der Waals surface area contributed by atoms with Crippen molar-refractivity contribution in [2.45, 2.75) is 26.7 Å². The molecule has 0 aliphatic heterocycles. The summed E-state index contributed by atoms with van der Waals surface area (Å²) in [7, 11) is 0. The molecular weight excluding hydrogens is 332 g/mol. The van der Waals surface area contributed by atoms with E-state index in [4.69, 9.17) is 4.74 Å². The summed E-state index contributed by atoms with van der Waals surface area (Å²) in [5.41, 5.74) is 5.64. The number of carbonyl (C=O) groups excluding carboxylic acids is 2. The number of rotatable bonds is 8. The van der Waals surface area contributed by atoms with E-state index in [9.17, 15) is 14.7 Å². The summed E-state index contributed by atoms with van der Waals surface area (Å²) < 4.78 is 5.04. The first-order valence-electron chi connectivity index (χ1n) is 8.61. The molecule has 3 N–H and O–H groups in total. The molecule has 0 bridgehead atoms. The molecule has 0 aliphatic carbocycles. The first-order chi connectivity index (χ1) is 12.5. The molecule has 2 aromatic carbocycles. The largest absolute Gasteiger partial charge is 0.507 e. The van der Waals surface area contributed by atoms with Gasteiger partial charge in [-0.15, -0.1) is 0 Å². The molecule has 0 fully saturated rings. The van der Waals surface area contributed by atoms with Crippen LogP contribution < -0.4 is 10.9 Å². The summed E-state index contributed by atoms with van der Waals surface area (Å²) in [5.74, 6) is -1.57. The number of ether oxygens (including phenoxy) is 1. The Morgan fingerprint density at radius 1 is 1.15 bits per heavy atom. The first-order valence-corrected chi connectivity index (χ1v) is 8.61. The van der Waals surface area contributed by atoms with Gasteiger partial charge in [-0.25, -0.2) is 0 Å². The second-order valence-corrected chi connectivity index (χ2v) is 5.91. The van der Waals surface area contributed by atoms with E-state index in [1.165, 1.54) is 6.07 Å². The third-order valence-corrected chi connectivity index (χ3v) is 4.01. The second-order valence-electron chi connectivity index (χ2n) is 5.91. The number of phenols is 1. The molecule has 0 saturated heterocycles. The molecule has 1 atom stereocenters. The van der Waals surface area contributed by atoms with Crippen LogP contribution in [0, 0.1) is 5.92 Å². The van der Waals surface area contributed by atoms with Crippen molar-refractivity contribution < 1.29 is 19.4 Å². The van der Waals surface area contributed by atoms with Crippen molar-refractivity contribution in [1.82, 2.24) is 10.9 Å². The van der Waals surface area contributed by atoms with Crippen LogP contribution in [0.4, 0.5) is 0 Å². The molecule has 0 heterocycles. The van der Waals surface area contributed by atoms with E-state index in [1.807, 2.05) is 31.2 Å². The number of phenolic OH excluding ortho intramolecular Hbond substituents is 1. The zero-order chi connectivity index (χ0) is 19.1.